The number of hydrogen-bond acceptors (Lipinski definition) is 7. The molecule has 8 heteroatoms. The van der Waals surface area contributed by atoms with Gasteiger partial charge in [0.25, 0.3) is 5.78 Å². The number of nitrogens with one attached hydrogen (secondary N) is 1. The van der Waals surface area contributed by atoms with Gasteiger partial charge < -0.3 is 10.1 Å². The Morgan fingerprint density at radius 1 is 1.29 bits per heavy atom. The number of ether oxygens (including phenoxy) is 1. The van der Waals surface area contributed by atoms with E-state index in [1.54, 1.807) is 11.6 Å². The summed E-state index contributed by atoms with van der Waals surface area (Å²) in [7, 11) is 1.66. The first kappa shape index (κ1) is 15.5. The number of anilines is 1. The summed E-state index contributed by atoms with van der Waals surface area (Å²) in [6.45, 7) is 1.26. The third-order valence-corrected chi connectivity index (χ3v) is 5.35. The van der Waals surface area contributed by atoms with Crippen LogP contribution < -0.4 is 5.32 Å². The number of nitrogens with zero attached hydrogens (tertiary/aromatic N) is 5. The first-order valence-corrected chi connectivity index (χ1v) is 9.05. The van der Waals surface area contributed by atoms with E-state index in [-0.39, 0.29) is 0 Å². The zero-order valence-electron chi connectivity index (χ0n) is 13.7. The molecule has 4 rings (SSSR count). The van der Waals surface area contributed by atoms with Crippen molar-refractivity contribution in [2.24, 2.45) is 0 Å². The average molecular weight is 344 g/mol. The fourth-order valence-electron chi connectivity index (χ4n) is 3.02. The quantitative estimate of drug-likeness (QED) is 0.739. The van der Waals surface area contributed by atoms with Crippen molar-refractivity contribution < 1.29 is 4.74 Å². The lowest BCUT2D eigenvalue weighted by molar-refractivity contribution is 0.181. The minimum Gasteiger partial charge on any atom is -0.378 e. The van der Waals surface area contributed by atoms with Gasteiger partial charge in [-0.3, -0.25) is 0 Å². The molecule has 0 saturated carbocycles. The predicted octanol–water partition coefficient (Wildman–Crippen LogP) is 2.26. The van der Waals surface area contributed by atoms with Gasteiger partial charge in [-0.15, -0.1) is 11.3 Å². The summed E-state index contributed by atoms with van der Waals surface area (Å²) >= 11 is 1.87. The Hall–Kier alpha value is -2.06. The van der Waals surface area contributed by atoms with Crippen molar-refractivity contribution in [3.8, 4) is 0 Å². The smallest absolute Gasteiger partial charge is 0.254 e. The largest absolute Gasteiger partial charge is 0.378 e. The summed E-state index contributed by atoms with van der Waals surface area (Å²) in [5.41, 5.74) is 2.16. The normalized spacial score (nSPS) is 14.0. The Morgan fingerprint density at radius 3 is 3.08 bits per heavy atom. The van der Waals surface area contributed by atoms with Gasteiger partial charge in [-0.25, -0.2) is 9.97 Å². The monoisotopic (exact) mass is 344 g/mol. The zero-order valence-corrected chi connectivity index (χ0v) is 14.5. The molecule has 0 aromatic carbocycles. The molecular formula is C16H20N6OS. The molecule has 0 aliphatic heterocycles. The molecule has 0 fully saturated rings. The Bertz CT molecular complexity index is 819. The van der Waals surface area contributed by atoms with Crippen LogP contribution in [0.15, 0.2) is 12.4 Å². The highest BCUT2D eigenvalue weighted by molar-refractivity contribution is 7.11. The third-order valence-electron chi connectivity index (χ3n) is 4.13. The summed E-state index contributed by atoms with van der Waals surface area (Å²) in [6, 6.07) is 1.96. The zero-order chi connectivity index (χ0) is 16.4. The van der Waals surface area contributed by atoms with Crippen LogP contribution >= 0.6 is 11.3 Å². The van der Waals surface area contributed by atoms with E-state index in [4.69, 9.17) is 9.72 Å². The molecule has 1 aliphatic carbocycles. The first-order valence-electron chi connectivity index (χ1n) is 8.23. The van der Waals surface area contributed by atoms with Crippen LogP contribution in [-0.4, -0.2) is 38.2 Å². The van der Waals surface area contributed by atoms with Crippen LogP contribution in [0.1, 0.15) is 34.1 Å². The van der Waals surface area contributed by atoms with E-state index >= 15 is 0 Å². The Kier molecular flexibility index (Phi) is 4.40. The number of thiazole rings is 1. The van der Waals surface area contributed by atoms with Gasteiger partial charge in [0.2, 0.25) is 0 Å². The van der Waals surface area contributed by atoms with Crippen molar-refractivity contribution in [1.29, 1.82) is 0 Å². The minimum absolute atomic E-state index is 0.456. The van der Waals surface area contributed by atoms with Crippen LogP contribution in [0.3, 0.4) is 0 Å². The molecule has 3 aromatic rings. The van der Waals surface area contributed by atoms with E-state index in [0.29, 0.717) is 12.4 Å². The van der Waals surface area contributed by atoms with Gasteiger partial charge in [-0.05, 0) is 25.7 Å². The molecule has 24 heavy (non-hydrogen) atoms. The summed E-state index contributed by atoms with van der Waals surface area (Å²) in [4.78, 5) is 14.9. The number of aromatic nitrogens is 5. The molecule has 3 aromatic heterocycles. The average Bonchev–Trinajstić information content (AvgIpc) is 3.21. The van der Waals surface area contributed by atoms with Crippen molar-refractivity contribution in [3.05, 3.63) is 33.7 Å². The van der Waals surface area contributed by atoms with Crippen molar-refractivity contribution in [1.82, 2.24) is 24.6 Å². The fourth-order valence-corrected chi connectivity index (χ4v) is 4.18. The number of methoxy groups -OCH3 is 1. The lowest BCUT2D eigenvalue weighted by atomic mass is 10.0. The second-order valence-electron chi connectivity index (χ2n) is 5.90. The number of fused-ring (bicyclic) bond motifs is 2. The van der Waals surface area contributed by atoms with Gasteiger partial charge in [-0.2, -0.15) is 14.6 Å². The number of rotatable bonds is 6. The maximum Gasteiger partial charge on any atom is 0.254 e. The van der Waals surface area contributed by atoms with Crippen LogP contribution in [0.4, 0.5) is 5.82 Å². The van der Waals surface area contributed by atoms with Crippen LogP contribution in [0, 0.1) is 0 Å². The standard InChI is InChI=1S/C16H20N6OS/c1-23-9-11-8-14(22-16(20-11)18-10-19-22)17-7-6-15-21-12-4-2-3-5-13(12)24-15/h8,10,17H,2-7,9H2,1H3. The van der Waals surface area contributed by atoms with E-state index < -0.39 is 0 Å². The van der Waals surface area contributed by atoms with Crippen molar-refractivity contribution in [3.63, 3.8) is 0 Å². The fraction of sp³-hybridized carbons (Fsp3) is 0.500. The van der Waals surface area contributed by atoms with E-state index in [0.717, 1.165) is 30.9 Å². The van der Waals surface area contributed by atoms with Crippen molar-refractivity contribution >= 4 is 22.9 Å². The Balaban J connectivity index is 1.46. The van der Waals surface area contributed by atoms with E-state index in [2.05, 4.69) is 20.4 Å². The highest BCUT2D eigenvalue weighted by Crippen LogP contribution is 2.26. The number of hydrogen-bond donors (Lipinski definition) is 1. The van der Waals surface area contributed by atoms with Gasteiger partial charge in [0, 0.05) is 31.0 Å². The highest BCUT2D eigenvalue weighted by Gasteiger charge is 2.15. The predicted molar refractivity (Wildman–Crippen MR) is 92.4 cm³/mol. The number of aryl methyl sites for hydroxylation is 2. The van der Waals surface area contributed by atoms with Crippen molar-refractivity contribution in [2.45, 2.75) is 38.7 Å². The Labute approximate surface area is 144 Å². The maximum atomic E-state index is 5.17. The van der Waals surface area contributed by atoms with Crippen LogP contribution in [0.5, 0.6) is 0 Å². The molecule has 1 aliphatic rings. The molecule has 7 nitrogen and oxygen atoms in total. The summed E-state index contributed by atoms with van der Waals surface area (Å²) < 4.78 is 6.89. The molecule has 0 bridgehead atoms. The molecule has 0 amide bonds. The minimum atomic E-state index is 0.456. The molecular weight excluding hydrogens is 324 g/mol. The topological polar surface area (TPSA) is 77.2 Å². The first-order chi connectivity index (χ1) is 11.8. The van der Waals surface area contributed by atoms with Gasteiger partial charge in [0.1, 0.15) is 12.1 Å². The lowest BCUT2D eigenvalue weighted by Gasteiger charge is -2.08. The van der Waals surface area contributed by atoms with E-state index in [9.17, 15) is 0 Å². The van der Waals surface area contributed by atoms with Crippen LogP contribution in [0.25, 0.3) is 5.78 Å². The highest BCUT2D eigenvalue weighted by atomic mass is 32.1. The molecule has 0 unspecified atom stereocenters. The van der Waals surface area contributed by atoms with E-state index in [1.807, 2.05) is 17.4 Å². The van der Waals surface area contributed by atoms with Gasteiger partial charge in [0.05, 0.1) is 23.0 Å². The summed E-state index contributed by atoms with van der Waals surface area (Å²) in [5, 5.41) is 8.88. The lowest BCUT2D eigenvalue weighted by Crippen LogP contribution is -2.11. The van der Waals surface area contributed by atoms with Crippen LogP contribution in [0.2, 0.25) is 0 Å². The van der Waals surface area contributed by atoms with Gasteiger partial charge >= 0.3 is 0 Å². The second-order valence-corrected chi connectivity index (χ2v) is 7.07. The SMILES string of the molecule is COCc1cc(NCCc2nc3c(s2)CCCC3)n2ncnc2n1. The van der Waals surface area contributed by atoms with Crippen molar-refractivity contribution in [2.75, 3.05) is 19.0 Å². The second kappa shape index (κ2) is 6.82. The molecule has 0 radical (unpaired) electrons. The van der Waals surface area contributed by atoms with Gasteiger partial charge in [0.15, 0.2) is 0 Å². The third kappa shape index (κ3) is 3.11. The van der Waals surface area contributed by atoms with Gasteiger partial charge in [-0.1, -0.05) is 0 Å². The molecule has 1 N–H and O–H groups in total. The summed E-state index contributed by atoms with van der Waals surface area (Å²) in [6.07, 6.45) is 7.34. The molecule has 0 spiro atoms. The molecule has 0 atom stereocenters. The maximum absolute atomic E-state index is 5.17. The van der Waals surface area contributed by atoms with E-state index in [1.165, 1.54) is 41.2 Å². The molecule has 126 valence electrons. The Morgan fingerprint density at radius 2 is 2.21 bits per heavy atom. The molecule has 3 heterocycles. The summed E-state index contributed by atoms with van der Waals surface area (Å²) in [5.74, 6) is 1.46. The van der Waals surface area contributed by atoms with Crippen LogP contribution in [-0.2, 0) is 30.6 Å². The molecule has 0 saturated heterocycles.